The van der Waals surface area contributed by atoms with Gasteiger partial charge in [-0.05, 0) is 29.5 Å². The Hall–Kier alpha value is -2.67. The van der Waals surface area contributed by atoms with E-state index in [-0.39, 0.29) is 30.7 Å². The molecule has 3 N–H and O–H groups in total. The number of hydrogen-bond acceptors (Lipinski definition) is 4. The summed E-state index contributed by atoms with van der Waals surface area (Å²) in [6.07, 6.45) is 0.123. The topological polar surface area (TPSA) is 87.3 Å². The molecule has 2 aromatic rings. The second kappa shape index (κ2) is 9.72. The van der Waals surface area contributed by atoms with Gasteiger partial charge in [0.25, 0.3) is 11.8 Å². The molecule has 2 rings (SSSR count). The smallest absolute Gasteiger partial charge is 0.253 e. The minimum absolute atomic E-state index is 0.123. The number of anilines is 1. The van der Waals surface area contributed by atoms with Crippen LogP contribution in [-0.4, -0.2) is 30.8 Å². The van der Waals surface area contributed by atoms with Crippen LogP contribution in [0, 0.1) is 5.92 Å². The summed E-state index contributed by atoms with van der Waals surface area (Å²) >= 11 is 1.44. The van der Waals surface area contributed by atoms with Crippen LogP contribution < -0.4 is 16.0 Å². The molecule has 0 aliphatic carbocycles. The van der Waals surface area contributed by atoms with Crippen molar-refractivity contribution >= 4 is 34.7 Å². The number of rotatable bonds is 8. The van der Waals surface area contributed by atoms with Gasteiger partial charge in [-0.1, -0.05) is 26.0 Å². The van der Waals surface area contributed by atoms with E-state index >= 15 is 0 Å². The highest BCUT2D eigenvalue weighted by Crippen LogP contribution is 2.15. The van der Waals surface area contributed by atoms with Crippen LogP contribution >= 0.6 is 11.3 Å². The summed E-state index contributed by atoms with van der Waals surface area (Å²) in [5.74, 6) is -0.347. The lowest BCUT2D eigenvalue weighted by Crippen LogP contribution is -2.29. The van der Waals surface area contributed by atoms with Gasteiger partial charge in [-0.25, -0.2) is 0 Å². The minimum atomic E-state index is -0.264. The molecule has 6 nitrogen and oxygen atoms in total. The van der Waals surface area contributed by atoms with E-state index in [9.17, 15) is 14.4 Å². The SMILES string of the molecule is CC(C)CNC(=O)c1ccccc1NC(=O)CCNC(=O)c1ccsc1. The van der Waals surface area contributed by atoms with Gasteiger partial charge in [0.2, 0.25) is 5.91 Å². The molecular formula is C19H23N3O3S. The first-order valence-corrected chi connectivity index (χ1v) is 9.39. The predicted octanol–water partition coefficient (Wildman–Crippen LogP) is 2.89. The molecular weight excluding hydrogens is 350 g/mol. The van der Waals surface area contributed by atoms with Crippen LogP contribution in [0.25, 0.3) is 0 Å². The maximum Gasteiger partial charge on any atom is 0.253 e. The van der Waals surface area contributed by atoms with E-state index in [1.165, 1.54) is 11.3 Å². The van der Waals surface area contributed by atoms with Gasteiger partial charge >= 0.3 is 0 Å². The maximum absolute atomic E-state index is 12.3. The Kier molecular flexibility index (Phi) is 7.35. The maximum atomic E-state index is 12.3. The largest absolute Gasteiger partial charge is 0.352 e. The first kappa shape index (κ1) is 19.7. The van der Waals surface area contributed by atoms with Gasteiger partial charge in [-0.15, -0.1) is 0 Å². The van der Waals surface area contributed by atoms with E-state index in [4.69, 9.17) is 0 Å². The summed E-state index contributed by atoms with van der Waals surface area (Å²) in [4.78, 5) is 36.2. The molecule has 26 heavy (non-hydrogen) atoms. The zero-order valence-electron chi connectivity index (χ0n) is 14.9. The highest BCUT2D eigenvalue weighted by molar-refractivity contribution is 7.08. The zero-order chi connectivity index (χ0) is 18.9. The van der Waals surface area contributed by atoms with E-state index in [1.54, 1.807) is 35.7 Å². The fraction of sp³-hybridized carbons (Fsp3) is 0.316. The van der Waals surface area contributed by atoms with Gasteiger partial charge in [-0.3, -0.25) is 14.4 Å². The van der Waals surface area contributed by atoms with Crippen molar-refractivity contribution in [3.8, 4) is 0 Å². The van der Waals surface area contributed by atoms with Crippen LogP contribution in [0.1, 0.15) is 41.0 Å². The lowest BCUT2D eigenvalue weighted by atomic mass is 10.1. The average molecular weight is 373 g/mol. The number of benzene rings is 1. The van der Waals surface area contributed by atoms with Crippen molar-refractivity contribution in [3.05, 3.63) is 52.2 Å². The Morgan fingerprint density at radius 1 is 1.04 bits per heavy atom. The lowest BCUT2D eigenvalue weighted by molar-refractivity contribution is -0.116. The van der Waals surface area contributed by atoms with Crippen LogP contribution in [0.4, 0.5) is 5.69 Å². The first-order valence-electron chi connectivity index (χ1n) is 8.45. The summed E-state index contributed by atoms with van der Waals surface area (Å²) < 4.78 is 0. The molecule has 1 aromatic heterocycles. The molecule has 7 heteroatoms. The molecule has 0 aliphatic heterocycles. The first-order chi connectivity index (χ1) is 12.5. The summed E-state index contributed by atoms with van der Waals surface area (Å²) in [6, 6.07) is 8.59. The van der Waals surface area contributed by atoms with Crippen molar-refractivity contribution < 1.29 is 14.4 Å². The summed E-state index contributed by atoms with van der Waals surface area (Å²) in [5, 5.41) is 11.9. The molecule has 1 aromatic carbocycles. The standard InChI is InChI=1S/C19H23N3O3S/c1-13(2)11-21-19(25)15-5-3-4-6-16(15)22-17(23)7-9-20-18(24)14-8-10-26-12-14/h3-6,8,10,12-13H,7,9,11H2,1-2H3,(H,20,24)(H,21,25)(H,22,23). The van der Waals surface area contributed by atoms with Crippen molar-refractivity contribution in [2.24, 2.45) is 5.92 Å². The monoisotopic (exact) mass is 373 g/mol. The Balaban J connectivity index is 1.86. The third-order valence-electron chi connectivity index (χ3n) is 3.54. The van der Waals surface area contributed by atoms with Crippen molar-refractivity contribution in [3.63, 3.8) is 0 Å². The molecule has 0 saturated heterocycles. The third-order valence-corrected chi connectivity index (χ3v) is 4.22. The zero-order valence-corrected chi connectivity index (χ0v) is 15.7. The van der Waals surface area contributed by atoms with Crippen LogP contribution in [0.15, 0.2) is 41.1 Å². The fourth-order valence-electron chi connectivity index (χ4n) is 2.18. The number of para-hydroxylation sites is 1. The highest BCUT2D eigenvalue weighted by atomic mass is 32.1. The second-order valence-corrected chi connectivity index (χ2v) is 7.00. The molecule has 0 radical (unpaired) electrons. The van der Waals surface area contributed by atoms with Crippen molar-refractivity contribution in [2.45, 2.75) is 20.3 Å². The summed E-state index contributed by atoms with van der Waals surface area (Å²) in [5.41, 5.74) is 1.47. The number of carbonyl (C=O) groups is 3. The Labute approximate surface area is 157 Å². The molecule has 0 bridgehead atoms. The average Bonchev–Trinajstić information content (AvgIpc) is 3.14. The molecule has 0 aliphatic rings. The Morgan fingerprint density at radius 2 is 1.81 bits per heavy atom. The van der Waals surface area contributed by atoms with E-state index in [0.717, 1.165) is 0 Å². The molecule has 0 atom stereocenters. The highest BCUT2D eigenvalue weighted by Gasteiger charge is 2.13. The van der Waals surface area contributed by atoms with Crippen LogP contribution in [0.2, 0.25) is 0 Å². The third kappa shape index (κ3) is 6.00. The molecule has 0 saturated carbocycles. The molecule has 138 valence electrons. The van der Waals surface area contributed by atoms with Gasteiger partial charge in [0.15, 0.2) is 0 Å². The molecule has 1 heterocycles. The van der Waals surface area contributed by atoms with E-state index in [1.807, 2.05) is 19.2 Å². The lowest BCUT2D eigenvalue weighted by Gasteiger charge is -2.12. The number of nitrogens with one attached hydrogen (secondary N) is 3. The molecule has 0 fully saturated rings. The quantitative estimate of drug-likeness (QED) is 0.665. The number of thiophene rings is 1. The Bertz CT molecular complexity index is 757. The van der Waals surface area contributed by atoms with Crippen molar-refractivity contribution in [1.82, 2.24) is 10.6 Å². The number of amides is 3. The van der Waals surface area contributed by atoms with Gasteiger partial charge in [0.05, 0.1) is 11.3 Å². The molecule has 0 spiro atoms. The van der Waals surface area contributed by atoms with E-state index < -0.39 is 0 Å². The van der Waals surface area contributed by atoms with Gasteiger partial charge in [-0.2, -0.15) is 11.3 Å². The van der Waals surface area contributed by atoms with E-state index in [2.05, 4.69) is 16.0 Å². The van der Waals surface area contributed by atoms with Gasteiger partial charge in [0, 0.05) is 30.5 Å². The fourth-order valence-corrected chi connectivity index (χ4v) is 2.82. The number of hydrogen-bond donors (Lipinski definition) is 3. The van der Waals surface area contributed by atoms with Gasteiger partial charge < -0.3 is 16.0 Å². The number of carbonyl (C=O) groups excluding carboxylic acids is 3. The normalized spacial score (nSPS) is 10.4. The van der Waals surface area contributed by atoms with Crippen LogP contribution in [0.5, 0.6) is 0 Å². The molecule has 3 amide bonds. The van der Waals surface area contributed by atoms with E-state index in [0.29, 0.717) is 29.3 Å². The minimum Gasteiger partial charge on any atom is -0.352 e. The Morgan fingerprint density at radius 3 is 2.50 bits per heavy atom. The van der Waals surface area contributed by atoms with Crippen LogP contribution in [-0.2, 0) is 4.79 Å². The summed E-state index contributed by atoms with van der Waals surface area (Å²) in [7, 11) is 0. The molecule has 0 unspecified atom stereocenters. The summed E-state index contributed by atoms with van der Waals surface area (Å²) in [6.45, 7) is 4.81. The predicted molar refractivity (Wildman–Crippen MR) is 104 cm³/mol. The second-order valence-electron chi connectivity index (χ2n) is 6.22. The van der Waals surface area contributed by atoms with Crippen molar-refractivity contribution in [2.75, 3.05) is 18.4 Å². The van der Waals surface area contributed by atoms with Crippen molar-refractivity contribution in [1.29, 1.82) is 0 Å². The van der Waals surface area contributed by atoms with Gasteiger partial charge in [0.1, 0.15) is 0 Å². The van der Waals surface area contributed by atoms with Crippen LogP contribution in [0.3, 0.4) is 0 Å².